The normalized spacial score (nSPS) is 30.8. The third-order valence-electron chi connectivity index (χ3n) is 5.73. The molecule has 0 aromatic heterocycles. The van der Waals surface area contributed by atoms with Gasteiger partial charge in [-0.25, -0.2) is 4.39 Å². The maximum atomic E-state index is 13.9. The SMILES string of the molecule is O=C(CN1CC2CCC(C1)O2)NC[C@@H]1CNCCO[C@H]1c1ccc(Cl)c(F)c1. The summed E-state index contributed by atoms with van der Waals surface area (Å²) in [6.07, 6.45) is 2.44. The molecule has 2 bridgehead atoms. The van der Waals surface area contributed by atoms with Crippen LogP contribution in [-0.4, -0.2) is 68.9 Å². The van der Waals surface area contributed by atoms with Gasteiger partial charge in [-0.3, -0.25) is 9.69 Å². The molecule has 28 heavy (non-hydrogen) atoms. The molecule has 1 amide bonds. The molecular formula is C20H27ClFN3O3. The largest absolute Gasteiger partial charge is 0.372 e. The smallest absolute Gasteiger partial charge is 0.234 e. The van der Waals surface area contributed by atoms with E-state index in [-0.39, 0.29) is 35.2 Å². The molecule has 154 valence electrons. The van der Waals surface area contributed by atoms with Crippen molar-refractivity contribution in [2.75, 3.05) is 45.9 Å². The Bertz CT molecular complexity index is 695. The highest BCUT2D eigenvalue weighted by atomic mass is 35.5. The number of halogens is 2. The summed E-state index contributed by atoms with van der Waals surface area (Å²) >= 11 is 5.81. The van der Waals surface area contributed by atoms with Gasteiger partial charge >= 0.3 is 0 Å². The minimum absolute atomic E-state index is 0.00610. The Hall–Kier alpha value is -1.25. The van der Waals surface area contributed by atoms with Crippen LogP contribution in [0, 0.1) is 11.7 Å². The fraction of sp³-hybridized carbons (Fsp3) is 0.650. The van der Waals surface area contributed by atoms with Crippen LogP contribution >= 0.6 is 11.6 Å². The van der Waals surface area contributed by atoms with Gasteiger partial charge < -0.3 is 20.1 Å². The number of morpholine rings is 1. The molecule has 1 aromatic carbocycles. The Morgan fingerprint density at radius 1 is 1.32 bits per heavy atom. The van der Waals surface area contributed by atoms with Crippen molar-refractivity contribution in [1.29, 1.82) is 0 Å². The molecular weight excluding hydrogens is 385 g/mol. The van der Waals surface area contributed by atoms with E-state index in [4.69, 9.17) is 21.1 Å². The summed E-state index contributed by atoms with van der Waals surface area (Å²) in [4.78, 5) is 14.7. The lowest BCUT2D eigenvalue weighted by atomic mass is 9.95. The molecule has 3 aliphatic heterocycles. The van der Waals surface area contributed by atoms with Crippen molar-refractivity contribution in [2.24, 2.45) is 5.92 Å². The maximum Gasteiger partial charge on any atom is 0.234 e. The summed E-state index contributed by atoms with van der Waals surface area (Å²) in [5, 5.41) is 6.46. The van der Waals surface area contributed by atoms with Gasteiger partial charge in [0, 0.05) is 38.6 Å². The number of amides is 1. The van der Waals surface area contributed by atoms with Crippen LogP contribution in [-0.2, 0) is 14.3 Å². The van der Waals surface area contributed by atoms with E-state index in [0.717, 1.165) is 38.0 Å². The zero-order valence-corrected chi connectivity index (χ0v) is 16.6. The molecule has 4 rings (SSSR count). The molecule has 0 saturated carbocycles. The predicted octanol–water partition coefficient (Wildman–Crippen LogP) is 1.74. The van der Waals surface area contributed by atoms with Gasteiger partial charge in [-0.1, -0.05) is 17.7 Å². The van der Waals surface area contributed by atoms with E-state index in [1.54, 1.807) is 12.1 Å². The van der Waals surface area contributed by atoms with Crippen LogP contribution in [0.2, 0.25) is 5.02 Å². The van der Waals surface area contributed by atoms with E-state index < -0.39 is 5.82 Å². The first-order valence-electron chi connectivity index (χ1n) is 10.0. The number of likely N-dealkylation sites (tertiary alicyclic amines) is 1. The van der Waals surface area contributed by atoms with Crippen LogP contribution < -0.4 is 10.6 Å². The van der Waals surface area contributed by atoms with E-state index in [1.807, 2.05) is 0 Å². The Morgan fingerprint density at radius 3 is 2.86 bits per heavy atom. The fourth-order valence-corrected chi connectivity index (χ4v) is 4.48. The zero-order chi connectivity index (χ0) is 19.5. The lowest BCUT2D eigenvalue weighted by Gasteiger charge is -2.31. The van der Waals surface area contributed by atoms with Crippen molar-refractivity contribution in [3.8, 4) is 0 Å². The molecule has 1 aromatic rings. The summed E-state index contributed by atoms with van der Waals surface area (Å²) in [5.74, 6) is -0.441. The van der Waals surface area contributed by atoms with Gasteiger partial charge in [-0.2, -0.15) is 0 Å². The van der Waals surface area contributed by atoms with Crippen LogP contribution in [0.3, 0.4) is 0 Å². The summed E-state index contributed by atoms with van der Waals surface area (Å²) in [6.45, 7) is 4.46. The fourth-order valence-electron chi connectivity index (χ4n) is 4.36. The summed E-state index contributed by atoms with van der Waals surface area (Å²) in [5.41, 5.74) is 0.745. The highest BCUT2D eigenvalue weighted by molar-refractivity contribution is 6.30. The predicted molar refractivity (Wildman–Crippen MR) is 104 cm³/mol. The minimum atomic E-state index is -0.454. The van der Waals surface area contributed by atoms with E-state index in [9.17, 15) is 9.18 Å². The first kappa shape index (κ1) is 20.0. The molecule has 3 aliphatic rings. The molecule has 3 saturated heterocycles. The Morgan fingerprint density at radius 2 is 2.11 bits per heavy atom. The number of fused-ring (bicyclic) bond motifs is 2. The molecule has 0 aliphatic carbocycles. The lowest BCUT2D eigenvalue weighted by Crippen LogP contribution is -2.48. The van der Waals surface area contributed by atoms with Gasteiger partial charge in [-0.15, -0.1) is 0 Å². The highest BCUT2D eigenvalue weighted by Gasteiger charge is 2.34. The zero-order valence-electron chi connectivity index (χ0n) is 15.8. The third-order valence-corrected chi connectivity index (χ3v) is 6.04. The van der Waals surface area contributed by atoms with Crippen molar-refractivity contribution in [2.45, 2.75) is 31.2 Å². The van der Waals surface area contributed by atoms with Crippen molar-refractivity contribution < 1.29 is 18.7 Å². The highest BCUT2D eigenvalue weighted by Crippen LogP contribution is 2.30. The maximum absolute atomic E-state index is 13.9. The van der Waals surface area contributed by atoms with Crippen molar-refractivity contribution in [3.63, 3.8) is 0 Å². The molecule has 3 heterocycles. The number of hydrogen-bond acceptors (Lipinski definition) is 5. The molecule has 8 heteroatoms. The van der Waals surface area contributed by atoms with Gasteiger partial charge in [0.1, 0.15) is 5.82 Å². The van der Waals surface area contributed by atoms with Crippen LogP contribution in [0.15, 0.2) is 18.2 Å². The topological polar surface area (TPSA) is 62.8 Å². The number of hydrogen-bond donors (Lipinski definition) is 2. The Labute approximate surface area is 169 Å². The number of nitrogens with zero attached hydrogens (tertiary/aromatic N) is 1. The first-order valence-corrected chi connectivity index (χ1v) is 10.4. The van der Waals surface area contributed by atoms with Crippen molar-refractivity contribution >= 4 is 17.5 Å². The molecule has 0 spiro atoms. The summed E-state index contributed by atoms with van der Waals surface area (Å²) < 4.78 is 25.7. The Kier molecular flexibility index (Phi) is 6.48. The number of benzene rings is 1. The average molecular weight is 412 g/mol. The van der Waals surface area contributed by atoms with Crippen molar-refractivity contribution in [3.05, 3.63) is 34.6 Å². The van der Waals surface area contributed by atoms with E-state index in [1.165, 1.54) is 6.07 Å². The Balaban J connectivity index is 1.34. The summed E-state index contributed by atoms with van der Waals surface area (Å²) in [6, 6.07) is 4.77. The van der Waals surface area contributed by atoms with Gasteiger partial charge in [0.2, 0.25) is 5.91 Å². The monoisotopic (exact) mass is 411 g/mol. The minimum Gasteiger partial charge on any atom is -0.372 e. The lowest BCUT2D eigenvalue weighted by molar-refractivity contribution is -0.125. The molecule has 6 nitrogen and oxygen atoms in total. The molecule has 2 N–H and O–H groups in total. The molecule has 2 unspecified atom stereocenters. The molecule has 0 radical (unpaired) electrons. The second-order valence-corrected chi connectivity index (χ2v) is 8.29. The number of ether oxygens (including phenoxy) is 2. The number of rotatable bonds is 5. The standard InChI is InChI=1S/C20H27ClFN3O3/c21-17-4-1-13(7-18(17)22)20-14(8-23-5-6-27-20)9-24-19(26)12-25-10-15-2-3-16(11-25)28-15/h1,4,7,14-16,20,23H,2-3,5-6,8-12H2,(H,24,26)/t14-,15?,16?,20-/m0/s1. The van der Waals surface area contributed by atoms with Crippen LogP contribution in [0.1, 0.15) is 24.5 Å². The van der Waals surface area contributed by atoms with E-state index >= 15 is 0 Å². The molecule has 4 atom stereocenters. The third kappa shape index (κ3) is 4.83. The number of nitrogens with one attached hydrogen (secondary N) is 2. The van der Waals surface area contributed by atoms with E-state index in [0.29, 0.717) is 26.2 Å². The van der Waals surface area contributed by atoms with Crippen molar-refractivity contribution in [1.82, 2.24) is 15.5 Å². The second kappa shape index (κ2) is 9.05. The van der Waals surface area contributed by atoms with Gasteiger partial charge in [-0.05, 0) is 30.5 Å². The quantitative estimate of drug-likeness (QED) is 0.772. The van der Waals surface area contributed by atoms with Gasteiger partial charge in [0.15, 0.2) is 0 Å². The summed E-state index contributed by atoms with van der Waals surface area (Å²) in [7, 11) is 0. The second-order valence-electron chi connectivity index (χ2n) is 7.88. The van der Waals surface area contributed by atoms with Crippen LogP contribution in [0.5, 0.6) is 0 Å². The van der Waals surface area contributed by atoms with Crippen LogP contribution in [0.25, 0.3) is 0 Å². The number of carbonyl (C=O) groups is 1. The van der Waals surface area contributed by atoms with Gasteiger partial charge in [0.05, 0.1) is 36.5 Å². The average Bonchev–Trinajstić information content (AvgIpc) is 2.88. The van der Waals surface area contributed by atoms with Crippen LogP contribution in [0.4, 0.5) is 4.39 Å². The van der Waals surface area contributed by atoms with E-state index in [2.05, 4.69) is 15.5 Å². The van der Waals surface area contributed by atoms with Gasteiger partial charge in [0.25, 0.3) is 0 Å². The first-order chi connectivity index (χ1) is 13.6. The number of carbonyl (C=O) groups excluding carboxylic acids is 1. The molecule has 3 fully saturated rings.